The second-order valence-electron chi connectivity index (χ2n) is 9.68. The molecular weight excluding hydrogens is 388 g/mol. The summed E-state index contributed by atoms with van der Waals surface area (Å²) >= 11 is 9.46. The number of hydrogen-bond acceptors (Lipinski definition) is 2. The third kappa shape index (κ3) is 19.1. The minimum absolute atomic E-state index is 0.395. The molecule has 0 rings (SSSR count). The summed E-state index contributed by atoms with van der Waals surface area (Å²) in [6.07, 6.45) is 31.2. The Hall–Kier alpha value is 0.700. The monoisotopic (exact) mass is 444 g/mol. The molecule has 0 aromatic rings. The minimum Gasteiger partial charge on any atom is -0.179 e. The molecule has 176 valence electrons. The van der Waals surface area contributed by atoms with Gasteiger partial charge in [0.1, 0.15) is 0 Å². The highest BCUT2D eigenvalue weighted by Gasteiger charge is 2.25. The quantitative estimate of drug-likeness (QED) is 0.107. The van der Waals surface area contributed by atoms with Gasteiger partial charge in [-0.2, -0.15) is 25.3 Å². The Morgan fingerprint density at radius 3 is 0.862 bits per heavy atom. The molecule has 0 aromatic heterocycles. The molecule has 0 aromatic carbocycles. The summed E-state index contributed by atoms with van der Waals surface area (Å²) in [6.45, 7) is 4.60. The molecule has 0 aliphatic carbocycles. The molecule has 0 amide bonds. The van der Waals surface area contributed by atoms with Gasteiger partial charge in [0, 0.05) is 0 Å². The zero-order valence-electron chi connectivity index (χ0n) is 20.4. The average molecular weight is 445 g/mol. The van der Waals surface area contributed by atoms with Gasteiger partial charge in [-0.15, -0.1) is 0 Å². The Kier molecular flexibility index (Phi) is 23.9. The summed E-state index contributed by atoms with van der Waals surface area (Å²) in [7, 11) is 0. The van der Waals surface area contributed by atoms with Crippen LogP contribution >= 0.6 is 25.3 Å². The number of hydrogen-bond donors (Lipinski definition) is 2. The van der Waals surface area contributed by atoms with Gasteiger partial charge in [-0.1, -0.05) is 142 Å². The standard InChI is InChI=1S/C27H56S2/c1-3-5-7-9-11-13-15-17-19-21-23-27(25-28,26-29)24-22-20-18-16-14-12-10-8-6-4-2/h28-29H,3-26H2,1-2H3. The lowest BCUT2D eigenvalue weighted by Gasteiger charge is -2.31. The molecule has 0 saturated carbocycles. The summed E-state index contributed by atoms with van der Waals surface area (Å²) in [5.74, 6) is 2.04. The van der Waals surface area contributed by atoms with E-state index in [-0.39, 0.29) is 0 Å². The van der Waals surface area contributed by atoms with Gasteiger partial charge in [-0.25, -0.2) is 0 Å². The van der Waals surface area contributed by atoms with Crippen LogP contribution in [0.25, 0.3) is 0 Å². The van der Waals surface area contributed by atoms with Gasteiger partial charge in [-0.3, -0.25) is 0 Å². The van der Waals surface area contributed by atoms with Gasteiger partial charge in [0.15, 0.2) is 0 Å². The Bertz CT molecular complexity index is 273. The van der Waals surface area contributed by atoms with Crippen molar-refractivity contribution in [2.24, 2.45) is 5.41 Å². The van der Waals surface area contributed by atoms with E-state index in [1.807, 2.05) is 0 Å². The lowest BCUT2D eigenvalue weighted by Crippen LogP contribution is -2.25. The molecular formula is C27H56S2. The van der Waals surface area contributed by atoms with Gasteiger partial charge in [-0.05, 0) is 29.8 Å². The lowest BCUT2D eigenvalue weighted by atomic mass is 9.81. The largest absolute Gasteiger partial charge is 0.179 e. The number of rotatable bonds is 24. The van der Waals surface area contributed by atoms with Crippen molar-refractivity contribution in [2.75, 3.05) is 11.5 Å². The maximum Gasteiger partial charge on any atom is -0.00334 e. The molecule has 0 atom stereocenters. The smallest absolute Gasteiger partial charge is 0.00334 e. The van der Waals surface area contributed by atoms with E-state index in [1.54, 1.807) is 0 Å². The Morgan fingerprint density at radius 1 is 0.379 bits per heavy atom. The second kappa shape index (κ2) is 23.4. The van der Waals surface area contributed by atoms with E-state index in [0.29, 0.717) is 5.41 Å². The molecule has 0 nitrogen and oxygen atoms in total. The molecule has 0 spiro atoms. The number of unbranched alkanes of at least 4 members (excludes halogenated alkanes) is 18. The highest BCUT2D eigenvalue weighted by molar-refractivity contribution is 7.81. The van der Waals surface area contributed by atoms with Crippen LogP contribution in [0, 0.1) is 5.41 Å². The molecule has 0 radical (unpaired) electrons. The molecule has 0 unspecified atom stereocenters. The van der Waals surface area contributed by atoms with Crippen LogP contribution in [0.1, 0.15) is 155 Å². The second-order valence-corrected chi connectivity index (χ2v) is 10.3. The van der Waals surface area contributed by atoms with E-state index in [2.05, 4.69) is 13.8 Å². The first-order valence-electron chi connectivity index (χ1n) is 13.5. The lowest BCUT2D eigenvalue weighted by molar-refractivity contribution is 0.298. The van der Waals surface area contributed by atoms with Crippen molar-refractivity contribution >= 4 is 25.3 Å². The molecule has 29 heavy (non-hydrogen) atoms. The van der Waals surface area contributed by atoms with Crippen LogP contribution in [0.15, 0.2) is 0 Å². The molecule has 0 fully saturated rings. The van der Waals surface area contributed by atoms with E-state index in [0.717, 1.165) is 11.5 Å². The molecule has 0 N–H and O–H groups in total. The van der Waals surface area contributed by atoms with Crippen LogP contribution < -0.4 is 0 Å². The van der Waals surface area contributed by atoms with Gasteiger partial charge >= 0.3 is 0 Å². The Balaban J connectivity index is 3.64. The topological polar surface area (TPSA) is 0 Å². The fourth-order valence-corrected chi connectivity index (χ4v) is 5.50. The summed E-state index contributed by atoms with van der Waals surface area (Å²) in [4.78, 5) is 0. The first-order valence-corrected chi connectivity index (χ1v) is 14.7. The SMILES string of the molecule is CCCCCCCCCCCCC(CS)(CS)CCCCCCCCCCCC. The third-order valence-corrected chi connectivity index (χ3v) is 8.13. The fourth-order valence-electron chi connectivity index (χ4n) is 4.47. The molecule has 0 saturated heterocycles. The maximum atomic E-state index is 4.73. The van der Waals surface area contributed by atoms with Crippen LogP contribution in [-0.4, -0.2) is 11.5 Å². The van der Waals surface area contributed by atoms with E-state index in [9.17, 15) is 0 Å². The van der Waals surface area contributed by atoms with Gasteiger partial charge in [0.25, 0.3) is 0 Å². The van der Waals surface area contributed by atoms with Crippen molar-refractivity contribution < 1.29 is 0 Å². The number of thiol groups is 2. The van der Waals surface area contributed by atoms with Crippen molar-refractivity contribution in [3.8, 4) is 0 Å². The predicted molar refractivity (Wildman–Crippen MR) is 143 cm³/mol. The van der Waals surface area contributed by atoms with Crippen LogP contribution in [0.5, 0.6) is 0 Å². The zero-order valence-corrected chi connectivity index (χ0v) is 22.2. The van der Waals surface area contributed by atoms with Crippen molar-refractivity contribution in [1.29, 1.82) is 0 Å². The van der Waals surface area contributed by atoms with Crippen molar-refractivity contribution in [2.45, 2.75) is 155 Å². The summed E-state index contributed by atoms with van der Waals surface area (Å²) in [5.41, 5.74) is 0.395. The molecule has 0 aliphatic heterocycles. The third-order valence-electron chi connectivity index (χ3n) is 6.79. The summed E-state index contributed by atoms with van der Waals surface area (Å²) in [6, 6.07) is 0. The average Bonchev–Trinajstić information content (AvgIpc) is 2.75. The van der Waals surface area contributed by atoms with E-state index >= 15 is 0 Å². The normalized spacial score (nSPS) is 12.0. The summed E-state index contributed by atoms with van der Waals surface area (Å²) < 4.78 is 0. The van der Waals surface area contributed by atoms with Crippen molar-refractivity contribution in [3.05, 3.63) is 0 Å². The highest BCUT2D eigenvalue weighted by atomic mass is 32.1. The zero-order chi connectivity index (χ0) is 21.5. The van der Waals surface area contributed by atoms with Crippen molar-refractivity contribution in [3.63, 3.8) is 0 Å². The first-order chi connectivity index (χ1) is 14.2. The van der Waals surface area contributed by atoms with Crippen LogP contribution in [-0.2, 0) is 0 Å². The minimum atomic E-state index is 0.395. The van der Waals surface area contributed by atoms with E-state index in [4.69, 9.17) is 25.3 Å². The molecule has 0 aliphatic rings. The van der Waals surface area contributed by atoms with Crippen LogP contribution in [0.2, 0.25) is 0 Å². The maximum absolute atomic E-state index is 4.73. The van der Waals surface area contributed by atoms with E-state index in [1.165, 1.54) is 141 Å². The van der Waals surface area contributed by atoms with Gasteiger partial charge in [0.2, 0.25) is 0 Å². The Morgan fingerprint density at radius 2 is 0.621 bits per heavy atom. The Labute approximate surface area is 197 Å². The first kappa shape index (κ1) is 29.7. The predicted octanol–water partition coefficient (Wildman–Crippen LogP) is 10.5. The fraction of sp³-hybridized carbons (Fsp3) is 1.00. The molecule has 0 heterocycles. The van der Waals surface area contributed by atoms with Crippen LogP contribution in [0.3, 0.4) is 0 Å². The molecule has 2 heteroatoms. The van der Waals surface area contributed by atoms with Crippen molar-refractivity contribution in [1.82, 2.24) is 0 Å². The summed E-state index contributed by atoms with van der Waals surface area (Å²) in [5, 5.41) is 0. The van der Waals surface area contributed by atoms with E-state index < -0.39 is 0 Å². The van der Waals surface area contributed by atoms with Crippen LogP contribution in [0.4, 0.5) is 0 Å². The van der Waals surface area contributed by atoms with Gasteiger partial charge < -0.3 is 0 Å². The molecule has 0 bridgehead atoms. The highest BCUT2D eigenvalue weighted by Crippen LogP contribution is 2.34. The van der Waals surface area contributed by atoms with Gasteiger partial charge in [0.05, 0.1) is 0 Å².